The molecule has 17 heavy (non-hydrogen) atoms. The number of nitrogens with zero attached hydrogens (tertiary/aromatic N) is 2. The van der Waals surface area contributed by atoms with Crippen LogP contribution < -0.4 is 0 Å². The van der Waals surface area contributed by atoms with Gasteiger partial charge in [-0.15, -0.1) is 0 Å². The first-order valence-electron chi connectivity index (χ1n) is 5.06. The molecule has 90 valence electrons. The third-order valence-corrected chi connectivity index (χ3v) is 2.53. The summed E-state index contributed by atoms with van der Waals surface area (Å²) in [7, 11) is 1.48. The molecule has 0 N–H and O–H groups in total. The van der Waals surface area contributed by atoms with E-state index in [1.165, 1.54) is 11.9 Å². The van der Waals surface area contributed by atoms with Gasteiger partial charge in [-0.3, -0.25) is 4.79 Å². The molecule has 0 heterocycles. The van der Waals surface area contributed by atoms with Gasteiger partial charge in [-0.1, -0.05) is 0 Å². The van der Waals surface area contributed by atoms with Gasteiger partial charge in [0.2, 0.25) is 0 Å². The molecule has 0 spiro atoms. The van der Waals surface area contributed by atoms with Crippen molar-refractivity contribution in [1.29, 1.82) is 5.26 Å². The van der Waals surface area contributed by atoms with Crippen molar-refractivity contribution in [3.05, 3.63) is 35.4 Å². The zero-order chi connectivity index (χ0) is 13.0. The van der Waals surface area contributed by atoms with Crippen LogP contribution in [0.3, 0.4) is 0 Å². The van der Waals surface area contributed by atoms with Gasteiger partial charge in [0.05, 0.1) is 18.1 Å². The zero-order valence-electron chi connectivity index (χ0n) is 9.58. The second kappa shape index (κ2) is 5.39. The van der Waals surface area contributed by atoms with Crippen molar-refractivity contribution in [2.24, 2.45) is 0 Å². The number of carbonyl (C=O) groups is 1. The molecule has 1 unspecified atom stereocenters. The summed E-state index contributed by atoms with van der Waals surface area (Å²) in [5, 5.41) is 8.52. The lowest BCUT2D eigenvalue weighted by Crippen LogP contribution is -2.35. The average Bonchev–Trinajstić information content (AvgIpc) is 2.27. The Bertz CT molecular complexity index is 468. The standard InChI is InChI=1S/C12H12F2N2O/c1-8(5-6-15)16(2)12(17)10-4-3-9(13)7-11(10)14/h3-4,7-8H,5H2,1-2H3. The molecule has 0 radical (unpaired) electrons. The molecule has 1 rings (SSSR count). The Hall–Kier alpha value is -1.96. The molecule has 0 saturated heterocycles. The van der Waals surface area contributed by atoms with E-state index in [4.69, 9.17) is 5.26 Å². The molecule has 1 amide bonds. The summed E-state index contributed by atoms with van der Waals surface area (Å²) in [4.78, 5) is 13.1. The van der Waals surface area contributed by atoms with Gasteiger partial charge in [0.15, 0.2) is 0 Å². The Morgan fingerprint density at radius 1 is 1.53 bits per heavy atom. The summed E-state index contributed by atoms with van der Waals surface area (Å²) in [6.07, 6.45) is 0.158. The van der Waals surface area contributed by atoms with E-state index in [1.54, 1.807) is 6.92 Å². The predicted molar refractivity (Wildman–Crippen MR) is 58.1 cm³/mol. The second-order valence-corrected chi connectivity index (χ2v) is 3.75. The molecular formula is C12H12F2N2O. The molecule has 1 aromatic rings. The Labute approximate surface area is 98.3 Å². The Morgan fingerprint density at radius 2 is 2.18 bits per heavy atom. The number of carbonyl (C=O) groups excluding carboxylic acids is 1. The minimum Gasteiger partial charge on any atom is -0.338 e. The Kier molecular flexibility index (Phi) is 4.16. The number of nitriles is 1. The number of hydrogen-bond donors (Lipinski definition) is 0. The van der Waals surface area contributed by atoms with Crippen molar-refractivity contribution in [2.75, 3.05) is 7.05 Å². The minimum absolute atomic E-state index is 0.158. The van der Waals surface area contributed by atoms with Crippen molar-refractivity contribution in [1.82, 2.24) is 4.90 Å². The maximum atomic E-state index is 13.4. The van der Waals surface area contributed by atoms with Crippen LogP contribution in [0.15, 0.2) is 18.2 Å². The fourth-order valence-corrected chi connectivity index (χ4v) is 1.32. The summed E-state index contributed by atoms with van der Waals surface area (Å²) >= 11 is 0. The van der Waals surface area contributed by atoms with Crippen LogP contribution in [0.2, 0.25) is 0 Å². The van der Waals surface area contributed by atoms with Gasteiger partial charge in [0, 0.05) is 19.2 Å². The smallest absolute Gasteiger partial charge is 0.256 e. The van der Waals surface area contributed by atoms with Gasteiger partial charge < -0.3 is 4.90 Å². The zero-order valence-corrected chi connectivity index (χ0v) is 9.58. The van der Waals surface area contributed by atoms with Crippen molar-refractivity contribution < 1.29 is 13.6 Å². The molecule has 0 aromatic heterocycles. The monoisotopic (exact) mass is 238 g/mol. The molecule has 0 fully saturated rings. The lowest BCUT2D eigenvalue weighted by molar-refractivity contribution is 0.0741. The van der Waals surface area contributed by atoms with Crippen molar-refractivity contribution >= 4 is 5.91 Å². The highest BCUT2D eigenvalue weighted by atomic mass is 19.1. The van der Waals surface area contributed by atoms with E-state index in [2.05, 4.69) is 0 Å². The van der Waals surface area contributed by atoms with Crippen LogP contribution >= 0.6 is 0 Å². The quantitative estimate of drug-likeness (QED) is 0.811. The highest BCUT2D eigenvalue weighted by Crippen LogP contribution is 2.13. The molecular weight excluding hydrogens is 226 g/mol. The lowest BCUT2D eigenvalue weighted by atomic mass is 10.1. The van der Waals surface area contributed by atoms with E-state index in [1.807, 2.05) is 6.07 Å². The topological polar surface area (TPSA) is 44.1 Å². The molecule has 0 aliphatic carbocycles. The van der Waals surface area contributed by atoms with Crippen LogP contribution in [0.5, 0.6) is 0 Å². The van der Waals surface area contributed by atoms with E-state index in [-0.39, 0.29) is 18.0 Å². The Balaban J connectivity index is 2.93. The maximum Gasteiger partial charge on any atom is 0.256 e. The van der Waals surface area contributed by atoms with Gasteiger partial charge in [-0.05, 0) is 19.1 Å². The molecule has 0 aliphatic rings. The van der Waals surface area contributed by atoms with Crippen LogP contribution in [0, 0.1) is 23.0 Å². The number of hydrogen-bond acceptors (Lipinski definition) is 2. The minimum atomic E-state index is -0.897. The van der Waals surface area contributed by atoms with E-state index in [0.29, 0.717) is 6.07 Å². The first-order chi connectivity index (χ1) is 7.97. The fourth-order valence-electron chi connectivity index (χ4n) is 1.32. The number of halogens is 2. The lowest BCUT2D eigenvalue weighted by Gasteiger charge is -2.23. The van der Waals surface area contributed by atoms with Gasteiger partial charge >= 0.3 is 0 Å². The third kappa shape index (κ3) is 3.00. The van der Waals surface area contributed by atoms with Gasteiger partial charge in [-0.25, -0.2) is 8.78 Å². The van der Waals surface area contributed by atoms with E-state index in [9.17, 15) is 13.6 Å². The second-order valence-electron chi connectivity index (χ2n) is 3.75. The Morgan fingerprint density at radius 3 is 2.71 bits per heavy atom. The molecule has 5 heteroatoms. The number of rotatable bonds is 3. The van der Waals surface area contributed by atoms with Crippen LogP contribution in [-0.2, 0) is 0 Å². The first-order valence-corrected chi connectivity index (χ1v) is 5.06. The number of amides is 1. The maximum absolute atomic E-state index is 13.4. The summed E-state index contributed by atoms with van der Waals surface area (Å²) in [5.41, 5.74) is -0.196. The molecule has 0 aliphatic heterocycles. The van der Waals surface area contributed by atoms with Gasteiger partial charge in [0.1, 0.15) is 11.6 Å². The molecule has 3 nitrogen and oxygen atoms in total. The largest absolute Gasteiger partial charge is 0.338 e. The first kappa shape index (κ1) is 13.1. The predicted octanol–water partition coefficient (Wildman–Crippen LogP) is 2.34. The average molecular weight is 238 g/mol. The van der Waals surface area contributed by atoms with Crippen molar-refractivity contribution in [3.63, 3.8) is 0 Å². The summed E-state index contributed by atoms with van der Waals surface area (Å²) in [6, 6.07) is 4.40. The van der Waals surface area contributed by atoms with Crippen LogP contribution in [0.1, 0.15) is 23.7 Å². The molecule has 1 atom stereocenters. The molecule has 1 aromatic carbocycles. The van der Waals surface area contributed by atoms with E-state index >= 15 is 0 Å². The molecule has 0 saturated carbocycles. The van der Waals surface area contributed by atoms with E-state index < -0.39 is 17.5 Å². The summed E-state index contributed by atoms with van der Waals surface area (Å²) in [5.74, 6) is -2.19. The SMILES string of the molecule is CC(CC#N)N(C)C(=O)c1ccc(F)cc1F. The van der Waals surface area contributed by atoms with Crippen LogP contribution in [0.25, 0.3) is 0 Å². The van der Waals surface area contributed by atoms with Crippen LogP contribution in [0.4, 0.5) is 8.78 Å². The third-order valence-electron chi connectivity index (χ3n) is 2.53. The van der Waals surface area contributed by atoms with E-state index in [0.717, 1.165) is 12.1 Å². The van der Waals surface area contributed by atoms with Crippen molar-refractivity contribution in [2.45, 2.75) is 19.4 Å². The van der Waals surface area contributed by atoms with Gasteiger partial charge in [-0.2, -0.15) is 5.26 Å². The molecule has 0 bridgehead atoms. The fraction of sp³-hybridized carbons (Fsp3) is 0.333. The van der Waals surface area contributed by atoms with Gasteiger partial charge in [0.25, 0.3) is 5.91 Å². The summed E-state index contributed by atoms with van der Waals surface area (Å²) < 4.78 is 26.0. The van der Waals surface area contributed by atoms with Crippen molar-refractivity contribution in [3.8, 4) is 6.07 Å². The highest BCUT2D eigenvalue weighted by molar-refractivity contribution is 5.94. The van der Waals surface area contributed by atoms with Crippen LogP contribution in [-0.4, -0.2) is 23.9 Å². The normalized spacial score (nSPS) is 11.7. The summed E-state index contributed by atoms with van der Waals surface area (Å²) in [6.45, 7) is 1.68. The number of benzene rings is 1. The highest BCUT2D eigenvalue weighted by Gasteiger charge is 2.20.